The zero-order valence-electron chi connectivity index (χ0n) is 10.3. The van der Waals surface area contributed by atoms with Crippen molar-refractivity contribution in [1.82, 2.24) is 5.32 Å². The fourth-order valence-corrected chi connectivity index (χ4v) is 2.45. The van der Waals surface area contributed by atoms with Crippen molar-refractivity contribution in [3.05, 3.63) is 48.0 Å². The molecule has 3 N–H and O–H groups in total. The molecule has 1 aliphatic heterocycles. The molecular formula is C15H18N2O. The molecule has 0 radical (unpaired) electrons. The molecule has 2 unspecified atom stereocenters. The van der Waals surface area contributed by atoms with Crippen LogP contribution in [0.15, 0.2) is 42.5 Å². The SMILES string of the molecule is NC(c1ccc2ccccc2c1)C1CNCCO1. The van der Waals surface area contributed by atoms with E-state index in [4.69, 9.17) is 10.5 Å². The molecule has 0 aromatic heterocycles. The topological polar surface area (TPSA) is 47.3 Å². The third-order valence-electron chi connectivity index (χ3n) is 3.52. The van der Waals surface area contributed by atoms with Crippen LogP contribution in [0.4, 0.5) is 0 Å². The molecule has 2 aromatic rings. The first-order valence-corrected chi connectivity index (χ1v) is 6.41. The van der Waals surface area contributed by atoms with Crippen LogP contribution in [-0.2, 0) is 4.74 Å². The molecule has 3 nitrogen and oxygen atoms in total. The second-order valence-corrected chi connectivity index (χ2v) is 4.75. The summed E-state index contributed by atoms with van der Waals surface area (Å²) in [5.74, 6) is 0. The van der Waals surface area contributed by atoms with E-state index in [0.717, 1.165) is 25.3 Å². The summed E-state index contributed by atoms with van der Waals surface area (Å²) in [5, 5.41) is 5.79. The lowest BCUT2D eigenvalue weighted by Crippen LogP contribution is -2.44. The van der Waals surface area contributed by atoms with Crippen molar-refractivity contribution in [2.75, 3.05) is 19.7 Å². The Hall–Kier alpha value is -1.42. The average molecular weight is 242 g/mol. The summed E-state index contributed by atoms with van der Waals surface area (Å²) in [6.07, 6.45) is 0.0694. The van der Waals surface area contributed by atoms with Gasteiger partial charge in [0.25, 0.3) is 0 Å². The number of hydrogen-bond acceptors (Lipinski definition) is 3. The van der Waals surface area contributed by atoms with Gasteiger partial charge >= 0.3 is 0 Å². The van der Waals surface area contributed by atoms with E-state index in [2.05, 4.69) is 47.8 Å². The molecule has 2 atom stereocenters. The van der Waals surface area contributed by atoms with E-state index in [1.165, 1.54) is 10.8 Å². The number of hydrogen-bond donors (Lipinski definition) is 2. The Labute approximate surface area is 107 Å². The van der Waals surface area contributed by atoms with Crippen molar-refractivity contribution in [3.8, 4) is 0 Å². The standard InChI is InChI=1S/C15H18N2O/c16-15(14-10-17-7-8-18-14)13-6-5-11-3-1-2-4-12(11)9-13/h1-6,9,14-15,17H,7-8,10,16H2. The lowest BCUT2D eigenvalue weighted by atomic mass is 9.98. The molecule has 1 fully saturated rings. The van der Waals surface area contributed by atoms with Gasteiger partial charge in [0.2, 0.25) is 0 Å². The Morgan fingerprint density at radius 3 is 2.78 bits per heavy atom. The van der Waals surface area contributed by atoms with Crippen molar-refractivity contribution >= 4 is 10.8 Å². The summed E-state index contributed by atoms with van der Waals surface area (Å²) in [4.78, 5) is 0. The Kier molecular flexibility index (Phi) is 3.28. The van der Waals surface area contributed by atoms with Gasteiger partial charge in [-0.05, 0) is 22.4 Å². The van der Waals surface area contributed by atoms with Crippen molar-refractivity contribution in [3.63, 3.8) is 0 Å². The molecular weight excluding hydrogens is 224 g/mol. The maximum Gasteiger partial charge on any atom is 0.0892 e. The van der Waals surface area contributed by atoms with Crippen molar-refractivity contribution < 1.29 is 4.74 Å². The smallest absolute Gasteiger partial charge is 0.0892 e. The normalized spacial score (nSPS) is 21.9. The van der Waals surface area contributed by atoms with E-state index in [1.54, 1.807) is 0 Å². The van der Waals surface area contributed by atoms with Crippen LogP contribution in [0.3, 0.4) is 0 Å². The predicted molar refractivity (Wildman–Crippen MR) is 73.5 cm³/mol. The van der Waals surface area contributed by atoms with Gasteiger partial charge in [0.1, 0.15) is 0 Å². The molecule has 94 valence electrons. The molecule has 0 bridgehead atoms. The minimum absolute atomic E-state index is 0.0672. The van der Waals surface area contributed by atoms with Crippen molar-refractivity contribution in [1.29, 1.82) is 0 Å². The first-order valence-electron chi connectivity index (χ1n) is 6.41. The molecule has 0 aliphatic carbocycles. The van der Waals surface area contributed by atoms with Crippen molar-refractivity contribution in [2.24, 2.45) is 5.73 Å². The lowest BCUT2D eigenvalue weighted by molar-refractivity contribution is 0.0122. The van der Waals surface area contributed by atoms with E-state index < -0.39 is 0 Å². The zero-order chi connectivity index (χ0) is 12.4. The van der Waals surface area contributed by atoms with Gasteiger partial charge < -0.3 is 15.8 Å². The van der Waals surface area contributed by atoms with E-state index in [-0.39, 0.29) is 12.1 Å². The Morgan fingerprint density at radius 2 is 2.00 bits per heavy atom. The first-order chi connectivity index (χ1) is 8.84. The summed E-state index contributed by atoms with van der Waals surface area (Å²) in [6.45, 7) is 2.49. The highest BCUT2D eigenvalue weighted by Gasteiger charge is 2.22. The lowest BCUT2D eigenvalue weighted by Gasteiger charge is -2.29. The summed E-state index contributed by atoms with van der Waals surface area (Å²) in [7, 11) is 0. The van der Waals surface area contributed by atoms with Gasteiger partial charge in [-0.15, -0.1) is 0 Å². The number of rotatable bonds is 2. The van der Waals surface area contributed by atoms with Crippen LogP contribution >= 0.6 is 0 Å². The van der Waals surface area contributed by atoms with Crippen LogP contribution in [0.2, 0.25) is 0 Å². The first kappa shape index (κ1) is 11.7. The maximum atomic E-state index is 6.30. The van der Waals surface area contributed by atoms with Gasteiger partial charge in [0, 0.05) is 13.1 Å². The van der Waals surface area contributed by atoms with E-state index in [1.807, 2.05) is 0 Å². The Bertz CT molecular complexity index is 535. The van der Waals surface area contributed by atoms with Crippen LogP contribution in [0.5, 0.6) is 0 Å². The fourth-order valence-electron chi connectivity index (χ4n) is 2.45. The van der Waals surface area contributed by atoms with Gasteiger partial charge in [-0.3, -0.25) is 0 Å². The van der Waals surface area contributed by atoms with Crippen LogP contribution in [0, 0.1) is 0 Å². The minimum atomic E-state index is -0.0672. The highest BCUT2D eigenvalue weighted by atomic mass is 16.5. The second-order valence-electron chi connectivity index (χ2n) is 4.75. The number of morpholine rings is 1. The molecule has 0 saturated carbocycles. The van der Waals surface area contributed by atoms with Gasteiger partial charge in [0.05, 0.1) is 18.8 Å². The van der Waals surface area contributed by atoms with Gasteiger partial charge in [-0.2, -0.15) is 0 Å². The highest BCUT2D eigenvalue weighted by molar-refractivity contribution is 5.83. The molecule has 0 amide bonds. The largest absolute Gasteiger partial charge is 0.374 e. The quantitative estimate of drug-likeness (QED) is 0.844. The van der Waals surface area contributed by atoms with Gasteiger partial charge in [0.15, 0.2) is 0 Å². The van der Waals surface area contributed by atoms with Crippen LogP contribution in [0.25, 0.3) is 10.8 Å². The molecule has 3 rings (SSSR count). The molecule has 18 heavy (non-hydrogen) atoms. The molecule has 1 saturated heterocycles. The molecule has 1 aliphatic rings. The molecule has 1 heterocycles. The number of nitrogens with one attached hydrogen (secondary N) is 1. The number of nitrogens with two attached hydrogens (primary N) is 1. The highest BCUT2D eigenvalue weighted by Crippen LogP contribution is 2.22. The summed E-state index contributed by atoms with van der Waals surface area (Å²) < 4.78 is 5.72. The van der Waals surface area contributed by atoms with Gasteiger partial charge in [-0.25, -0.2) is 0 Å². The van der Waals surface area contributed by atoms with E-state index >= 15 is 0 Å². The number of benzene rings is 2. The fraction of sp³-hybridized carbons (Fsp3) is 0.333. The Balaban J connectivity index is 1.88. The third kappa shape index (κ3) is 2.25. The summed E-state index contributed by atoms with van der Waals surface area (Å²) >= 11 is 0. The number of fused-ring (bicyclic) bond motifs is 1. The monoisotopic (exact) mass is 242 g/mol. The minimum Gasteiger partial charge on any atom is -0.374 e. The van der Waals surface area contributed by atoms with Crippen LogP contribution in [-0.4, -0.2) is 25.8 Å². The van der Waals surface area contributed by atoms with Crippen molar-refractivity contribution in [2.45, 2.75) is 12.1 Å². The maximum absolute atomic E-state index is 6.30. The van der Waals surface area contributed by atoms with Gasteiger partial charge in [-0.1, -0.05) is 36.4 Å². The molecule has 3 heteroatoms. The summed E-state index contributed by atoms with van der Waals surface area (Å²) in [5.41, 5.74) is 7.44. The Morgan fingerprint density at radius 1 is 1.17 bits per heavy atom. The average Bonchev–Trinajstić information content (AvgIpc) is 2.47. The zero-order valence-corrected chi connectivity index (χ0v) is 10.3. The third-order valence-corrected chi connectivity index (χ3v) is 3.52. The van der Waals surface area contributed by atoms with Crippen LogP contribution in [0.1, 0.15) is 11.6 Å². The second kappa shape index (κ2) is 5.06. The van der Waals surface area contributed by atoms with Crippen LogP contribution < -0.4 is 11.1 Å². The molecule has 2 aromatic carbocycles. The summed E-state index contributed by atoms with van der Waals surface area (Å²) in [6, 6.07) is 14.7. The van der Waals surface area contributed by atoms with E-state index in [9.17, 15) is 0 Å². The molecule has 0 spiro atoms. The number of ether oxygens (including phenoxy) is 1. The predicted octanol–water partition coefficient (Wildman–Crippen LogP) is 1.83. The van der Waals surface area contributed by atoms with E-state index in [0.29, 0.717) is 0 Å².